The number of H-pyrrole nitrogens is 1. The van der Waals surface area contributed by atoms with Gasteiger partial charge >= 0.3 is 0 Å². The lowest BCUT2D eigenvalue weighted by molar-refractivity contribution is -0.113. The van der Waals surface area contributed by atoms with Crippen molar-refractivity contribution in [2.45, 2.75) is 5.16 Å². The van der Waals surface area contributed by atoms with Gasteiger partial charge in [-0.2, -0.15) is 5.10 Å². The topological polar surface area (TPSA) is 101 Å². The summed E-state index contributed by atoms with van der Waals surface area (Å²) in [6.07, 6.45) is 0. The van der Waals surface area contributed by atoms with Gasteiger partial charge in [0.1, 0.15) is 17.0 Å². The first-order valence-corrected chi connectivity index (χ1v) is 10.6. The normalized spacial score (nSPS) is 11.0. The third-order valence-corrected chi connectivity index (χ3v) is 6.03. The Morgan fingerprint density at radius 3 is 2.97 bits per heavy atom. The van der Waals surface area contributed by atoms with Gasteiger partial charge in [-0.15, -0.1) is 16.4 Å². The molecule has 0 saturated carbocycles. The molecule has 3 aromatic heterocycles. The molecule has 0 radical (unpaired) electrons. The number of anilines is 1. The molecule has 3 heterocycles. The molecule has 0 bridgehead atoms. The molecule has 1 aromatic carbocycles. The van der Waals surface area contributed by atoms with Crippen LogP contribution in [0.3, 0.4) is 0 Å². The zero-order valence-electron chi connectivity index (χ0n) is 15.0. The Bertz CT molecular complexity index is 1240. The SMILES string of the molecule is COc1ccc(NC(=O)CSc2n[nH]c(=O)c3cc(-c4cccs4)nn23)cc1Cl. The second-order valence-electron chi connectivity index (χ2n) is 5.83. The van der Waals surface area contributed by atoms with Crippen LogP contribution in [0.5, 0.6) is 5.75 Å². The van der Waals surface area contributed by atoms with E-state index in [-0.39, 0.29) is 17.2 Å². The first-order chi connectivity index (χ1) is 14.0. The lowest BCUT2D eigenvalue weighted by atomic mass is 10.3. The largest absolute Gasteiger partial charge is 0.495 e. The van der Waals surface area contributed by atoms with Gasteiger partial charge in [-0.1, -0.05) is 29.4 Å². The third kappa shape index (κ3) is 4.14. The summed E-state index contributed by atoms with van der Waals surface area (Å²) < 4.78 is 6.55. The number of aromatic amines is 1. The van der Waals surface area contributed by atoms with Gasteiger partial charge in [0.15, 0.2) is 0 Å². The number of thioether (sulfide) groups is 1. The molecule has 4 aromatic rings. The predicted molar refractivity (Wildman–Crippen MR) is 114 cm³/mol. The van der Waals surface area contributed by atoms with E-state index in [0.29, 0.717) is 32.8 Å². The molecule has 0 aliphatic carbocycles. The molecular formula is C18H14ClN5O3S2. The number of carbonyl (C=O) groups excluding carboxylic acids is 1. The molecule has 4 rings (SSSR count). The van der Waals surface area contributed by atoms with Gasteiger partial charge in [-0.25, -0.2) is 9.61 Å². The van der Waals surface area contributed by atoms with E-state index in [4.69, 9.17) is 16.3 Å². The fraction of sp³-hybridized carbons (Fsp3) is 0.111. The average molecular weight is 448 g/mol. The second-order valence-corrected chi connectivity index (χ2v) is 8.12. The number of benzene rings is 1. The summed E-state index contributed by atoms with van der Waals surface area (Å²) in [4.78, 5) is 25.3. The Hall–Kier alpha value is -2.82. The fourth-order valence-electron chi connectivity index (χ4n) is 2.60. The van der Waals surface area contributed by atoms with Crippen molar-refractivity contribution in [3.05, 3.63) is 57.2 Å². The number of halogens is 1. The Balaban J connectivity index is 1.51. The summed E-state index contributed by atoms with van der Waals surface area (Å²) >= 11 is 8.76. The Morgan fingerprint density at radius 2 is 2.24 bits per heavy atom. The summed E-state index contributed by atoms with van der Waals surface area (Å²) in [5.74, 6) is 0.355. The lowest BCUT2D eigenvalue weighted by Crippen LogP contribution is -2.17. The van der Waals surface area contributed by atoms with E-state index in [0.717, 1.165) is 16.6 Å². The first-order valence-electron chi connectivity index (χ1n) is 8.33. The minimum Gasteiger partial charge on any atom is -0.495 e. The first kappa shape index (κ1) is 19.5. The number of amides is 1. The average Bonchev–Trinajstić information content (AvgIpc) is 3.38. The molecule has 0 fully saturated rings. The molecule has 0 spiro atoms. The second kappa shape index (κ2) is 8.27. The maximum atomic E-state index is 12.3. The Kier molecular flexibility index (Phi) is 5.56. The van der Waals surface area contributed by atoms with Crippen LogP contribution < -0.4 is 15.6 Å². The van der Waals surface area contributed by atoms with Crippen LogP contribution in [-0.2, 0) is 4.79 Å². The highest BCUT2D eigenvalue weighted by atomic mass is 35.5. The van der Waals surface area contributed by atoms with E-state index in [1.807, 2.05) is 17.5 Å². The van der Waals surface area contributed by atoms with E-state index < -0.39 is 0 Å². The number of aromatic nitrogens is 4. The van der Waals surface area contributed by atoms with Crippen molar-refractivity contribution < 1.29 is 9.53 Å². The van der Waals surface area contributed by atoms with E-state index in [1.165, 1.54) is 23.0 Å². The number of ether oxygens (including phenoxy) is 1. The van der Waals surface area contributed by atoms with Crippen molar-refractivity contribution in [2.24, 2.45) is 0 Å². The molecule has 0 atom stereocenters. The summed E-state index contributed by atoms with van der Waals surface area (Å²) in [5, 5.41) is 16.5. The number of rotatable bonds is 6. The highest BCUT2D eigenvalue weighted by Gasteiger charge is 2.14. The maximum Gasteiger partial charge on any atom is 0.290 e. The van der Waals surface area contributed by atoms with Crippen molar-refractivity contribution >= 4 is 51.8 Å². The number of methoxy groups -OCH3 is 1. The fourth-order valence-corrected chi connectivity index (χ4v) is 4.24. The molecule has 1 amide bonds. The van der Waals surface area contributed by atoms with Gasteiger partial charge in [-0.05, 0) is 35.7 Å². The van der Waals surface area contributed by atoms with Crippen molar-refractivity contribution in [2.75, 3.05) is 18.2 Å². The van der Waals surface area contributed by atoms with E-state index in [2.05, 4.69) is 20.6 Å². The van der Waals surface area contributed by atoms with Gasteiger partial charge in [0.25, 0.3) is 5.56 Å². The molecule has 0 aliphatic rings. The van der Waals surface area contributed by atoms with Crippen LogP contribution in [0.2, 0.25) is 5.02 Å². The van der Waals surface area contributed by atoms with Crippen molar-refractivity contribution in [3.63, 3.8) is 0 Å². The quantitative estimate of drug-likeness (QED) is 0.438. The van der Waals surface area contributed by atoms with Crippen molar-refractivity contribution in [1.29, 1.82) is 0 Å². The van der Waals surface area contributed by atoms with Crippen LogP contribution in [0.25, 0.3) is 16.1 Å². The summed E-state index contributed by atoms with van der Waals surface area (Å²) in [7, 11) is 1.52. The van der Waals surface area contributed by atoms with Crippen LogP contribution in [0.15, 0.2) is 51.7 Å². The number of fused-ring (bicyclic) bond motifs is 1. The molecule has 148 valence electrons. The molecule has 11 heteroatoms. The number of nitrogens with zero attached hydrogens (tertiary/aromatic N) is 3. The molecular weight excluding hydrogens is 434 g/mol. The van der Waals surface area contributed by atoms with Gasteiger partial charge < -0.3 is 10.1 Å². The summed E-state index contributed by atoms with van der Waals surface area (Å²) in [6.45, 7) is 0. The minimum absolute atomic E-state index is 0.0754. The lowest BCUT2D eigenvalue weighted by Gasteiger charge is -2.08. The highest BCUT2D eigenvalue weighted by Crippen LogP contribution is 2.28. The molecule has 8 nitrogen and oxygen atoms in total. The summed E-state index contributed by atoms with van der Waals surface area (Å²) in [5.41, 5.74) is 1.26. The third-order valence-electron chi connectivity index (χ3n) is 3.92. The van der Waals surface area contributed by atoms with E-state index in [1.54, 1.807) is 24.3 Å². The molecule has 0 unspecified atom stereocenters. The summed E-state index contributed by atoms with van der Waals surface area (Å²) in [6, 6.07) is 10.5. The number of carbonyl (C=O) groups is 1. The number of hydrogen-bond acceptors (Lipinski definition) is 7. The zero-order chi connectivity index (χ0) is 20.4. The highest BCUT2D eigenvalue weighted by molar-refractivity contribution is 7.99. The van der Waals surface area contributed by atoms with Crippen LogP contribution in [-0.4, -0.2) is 38.6 Å². The molecule has 29 heavy (non-hydrogen) atoms. The van der Waals surface area contributed by atoms with Gasteiger partial charge in [-0.3, -0.25) is 9.59 Å². The van der Waals surface area contributed by atoms with Crippen LogP contribution >= 0.6 is 34.7 Å². The number of nitrogens with one attached hydrogen (secondary N) is 2. The van der Waals surface area contributed by atoms with Gasteiger partial charge in [0, 0.05) is 5.69 Å². The Labute approximate surface area is 177 Å². The number of thiophene rings is 1. The van der Waals surface area contributed by atoms with Crippen LogP contribution in [0.4, 0.5) is 5.69 Å². The van der Waals surface area contributed by atoms with Gasteiger partial charge in [0.2, 0.25) is 11.1 Å². The molecule has 2 N–H and O–H groups in total. The van der Waals surface area contributed by atoms with Gasteiger partial charge in [0.05, 0.1) is 22.8 Å². The standard InChI is InChI=1S/C18H14ClN5O3S2/c1-27-14-5-4-10(7-11(14)19)20-16(25)9-29-18-22-21-17(26)13-8-12(23-24(13)18)15-3-2-6-28-15/h2-8H,9H2,1H3,(H,20,25)(H,21,26). The van der Waals surface area contributed by atoms with Crippen molar-refractivity contribution in [3.8, 4) is 16.3 Å². The van der Waals surface area contributed by atoms with Crippen molar-refractivity contribution in [1.82, 2.24) is 19.8 Å². The maximum absolute atomic E-state index is 12.3. The zero-order valence-corrected chi connectivity index (χ0v) is 17.4. The predicted octanol–water partition coefficient (Wildman–Crippen LogP) is 3.54. The number of hydrogen-bond donors (Lipinski definition) is 2. The van der Waals surface area contributed by atoms with E-state index >= 15 is 0 Å². The molecule has 0 saturated heterocycles. The smallest absolute Gasteiger partial charge is 0.290 e. The van der Waals surface area contributed by atoms with Crippen LogP contribution in [0, 0.1) is 0 Å². The van der Waals surface area contributed by atoms with E-state index in [9.17, 15) is 9.59 Å². The Morgan fingerprint density at radius 1 is 1.38 bits per heavy atom. The van der Waals surface area contributed by atoms with Crippen LogP contribution in [0.1, 0.15) is 0 Å². The minimum atomic E-state index is -0.345. The monoisotopic (exact) mass is 447 g/mol. The molecule has 0 aliphatic heterocycles.